The molecule has 0 saturated heterocycles. The monoisotopic (exact) mass is 476 g/mol. The van der Waals surface area contributed by atoms with Gasteiger partial charge in [0, 0.05) is 35.9 Å². The number of hydrogen-bond donors (Lipinski definition) is 2. The second kappa shape index (κ2) is 11.0. The number of amides is 2. The number of fused-ring (bicyclic) bond motifs is 1. The van der Waals surface area contributed by atoms with Crippen molar-refractivity contribution in [1.29, 1.82) is 0 Å². The van der Waals surface area contributed by atoms with Gasteiger partial charge in [-0.15, -0.1) is 12.4 Å². The van der Waals surface area contributed by atoms with Gasteiger partial charge in [-0.05, 0) is 48.8 Å². The number of carbonyl (C=O) groups excluding carboxylic acids is 1. The van der Waals surface area contributed by atoms with Gasteiger partial charge in [-0.2, -0.15) is 0 Å². The fourth-order valence-electron chi connectivity index (χ4n) is 4.10. The zero-order valence-electron chi connectivity index (χ0n) is 19.5. The molecule has 4 aromatic rings. The Morgan fingerprint density at radius 3 is 2.29 bits per heavy atom. The van der Waals surface area contributed by atoms with Crippen LogP contribution in [0.4, 0.5) is 10.5 Å². The average molecular weight is 477 g/mol. The molecule has 1 aromatic heterocycles. The third kappa shape index (κ3) is 5.47. The maximum atomic E-state index is 13.0. The Bertz CT molecular complexity index is 1350. The van der Waals surface area contributed by atoms with E-state index in [0.717, 1.165) is 40.0 Å². The van der Waals surface area contributed by atoms with Gasteiger partial charge in [0.15, 0.2) is 0 Å². The van der Waals surface area contributed by atoms with Crippen LogP contribution in [0.3, 0.4) is 0 Å². The molecular weight excluding hydrogens is 448 g/mol. The van der Waals surface area contributed by atoms with Gasteiger partial charge < -0.3 is 20.1 Å². The molecule has 2 amide bonds. The summed E-state index contributed by atoms with van der Waals surface area (Å²) in [5, 5.41) is 7.36. The van der Waals surface area contributed by atoms with Crippen molar-refractivity contribution < 1.29 is 4.79 Å². The van der Waals surface area contributed by atoms with Crippen molar-refractivity contribution in [2.45, 2.75) is 13.1 Å². The Labute approximate surface area is 205 Å². The van der Waals surface area contributed by atoms with Crippen molar-refractivity contribution in [2.75, 3.05) is 19.4 Å². The van der Waals surface area contributed by atoms with E-state index in [4.69, 9.17) is 0 Å². The topological polar surface area (TPSA) is 66.4 Å². The highest BCUT2D eigenvalue weighted by Crippen LogP contribution is 2.30. The van der Waals surface area contributed by atoms with Gasteiger partial charge in [-0.25, -0.2) is 4.79 Å². The molecular formula is C27H29ClN4O2. The maximum Gasteiger partial charge on any atom is 0.319 e. The highest BCUT2D eigenvalue weighted by molar-refractivity contribution is 5.97. The number of urea groups is 1. The second-order valence-corrected chi connectivity index (χ2v) is 8.34. The molecule has 0 spiro atoms. The number of aromatic nitrogens is 1. The molecule has 6 nitrogen and oxygen atoms in total. The highest BCUT2D eigenvalue weighted by Gasteiger charge is 2.16. The maximum absolute atomic E-state index is 13.0. The van der Waals surface area contributed by atoms with Crippen LogP contribution in [-0.4, -0.2) is 29.6 Å². The largest absolute Gasteiger partial charge is 0.332 e. The van der Waals surface area contributed by atoms with Crippen molar-refractivity contribution >= 4 is 34.9 Å². The lowest BCUT2D eigenvalue weighted by atomic mass is 9.97. The van der Waals surface area contributed by atoms with Crippen LogP contribution < -0.4 is 16.2 Å². The summed E-state index contributed by atoms with van der Waals surface area (Å²) in [7, 11) is 5.76. The molecule has 0 saturated carbocycles. The Morgan fingerprint density at radius 1 is 0.912 bits per heavy atom. The Morgan fingerprint density at radius 2 is 1.59 bits per heavy atom. The quantitative estimate of drug-likeness (QED) is 0.411. The molecule has 4 rings (SSSR count). The minimum absolute atomic E-state index is 0. The van der Waals surface area contributed by atoms with Crippen LogP contribution in [-0.2, 0) is 20.1 Å². The molecule has 0 bridgehead atoms. The third-order valence-corrected chi connectivity index (χ3v) is 5.59. The number of nitrogens with zero attached hydrogens (tertiary/aromatic N) is 2. The van der Waals surface area contributed by atoms with E-state index in [1.807, 2.05) is 93.0 Å². The van der Waals surface area contributed by atoms with Crippen LogP contribution in [0.15, 0.2) is 83.7 Å². The highest BCUT2D eigenvalue weighted by atomic mass is 35.5. The number of hydrogen-bond acceptors (Lipinski definition) is 3. The van der Waals surface area contributed by atoms with Gasteiger partial charge >= 0.3 is 6.03 Å². The Kier molecular flexibility index (Phi) is 8.10. The molecule has 3 aromatic carbocycles. The summed E-state index contributed by atoms with van der Waals surface area (Å²) in [6.45, 7) is 1.00. The first-order valence-corrected chi connectivity index (χ1v) is 10.9. The van der Waals surface area contributed by atoms with E-state index in [0.29, 0.717) is 5.39 Å². The number of nitrogens with one attached hydrogen (secondary N) is 2. The molecule has 0 atom stereocenters. The molecule has 1 heterocycles. The lowest BCUT2D eigenvalue weighted by molar-refractivity contribution is 0.251. The fraction of sp³-hybridized carbons (Fsp3) is 0.185. The molecule has 2 N–H and O–H groups in total. The summed E-state index contributed by atoms with van der Waals surface area (Å²) in [6.07, 6.45) is 0. The number of rotatable bonds is 6. The van der Waals surface area contributed by atoms with E-state index in [-0.39, 0.29) is 30.5 Å². The van der Waals surface area contributed by atoms with Crippen LogP contribution in [0.1, 0.15) is 11.3 Å². The Balaban J connectivity index is 0.00000324. The lowest BCUT2D eigenvalue weighted by Crippen LogP contribution is -2.32. The molecule has 176 valence electrons. The minimum atomic E-state index is -0.323. The molecule has 0 unspecified atom stereocenters. The summed E-state index contributed by atoms with van der Waals surface area (Å²) < 4.78 is 1.63. The molecule has 0 fully saturated rings. The predicted octanol–water partition coefficient (Wildman–Crippen LogP) is 5.01. The van der Waals surface area contributed by atoms with Crippen molar-refractivity contribution in [3.63, 3.8) is 0 Å². The SMILES string of the molecule is CN(C)Cc1cccc(NC(=O)NCc2c(-c3ccccc3)c3ccccc3c(=O)n2C)c1.Cl. The summed E-state index contributed by atoms with van der Waals surface area (Å²) in [6, 6.07) is 25.0. The summed E-state index contributed by atoms with van der Waals surface area (Å²) in [4.78, 5) is 27.8. The summed E-state index contributed by atoms with van der Waals surface area (Å²) in [5.74, 6) is 0. The van der Waals surface area contributed by atoms with Gasteiger partial charge in [0.25, 0.3) is 5.56 Å². The van der Waals surface area contributed by atoms with E-state index in [1.165, 1.54) is 0 Å². The molecule has 0 aliphatic carbocycles. The molecule has 34 heavy (non-hydrogen) atoms. The van der Waals surface area contributed by atoms with Crippen LogP contribution in [0, 0.1) is 0 Å². The Hall–Kier alpha value is -3.61. The first-order chi connectivity index (χ1) is 15.9. The van der Waals surface area contributed by atoms with E-state index >= 15 is 0 Å². The van der Waals surface area contributed by atoms with Crippen LogP contribution in [0.5, 0.6) is 0 Å². The number of halogens is 1. The lowest BCUT2D eigenvalue weighted by Gasteiger charge is -2.18. The van der Waals surface area contributed by atoms with Crippen LogP contribution in [0.2, 0.25) is 0 Å². The second-order valence-electron chi connectivity index (χ2n) is 8.34. The molecule has 0 radical (unpaired) electrons. The van der Waals surface area contributed by atoms with Gasteiger partial charge in [-0.1, -0.05) is 60.7 Å². The van der Waals surface area contributed by atoms with Gasteiger partial charge in [0.1, 0.15) is 0 Å². The first kappa shape index (κ1) is 25.0. The van der Waals surface area contributed by atoms with E-state index in [1.54, 1.807) is 11.6 Å². The van der Waals surface area contributed by atoms with Gasteiger partial charge in [0.05, 0.1) is 6.54 Å². The number of carbonyl (C=O) groups is 1. The molecule has 0 aliphatic heterocycles. The summed E-state index contributed by atoms with van der Waals surface area (Å²) >= 11 is 0. The first-order valence-electron chi connectivity index (χ1n) is 10.9. The van der Waals surface area contributed by atoms with Gasteiger partial charge in [-0.3, -0.25) is 4.79 Å². The van der Waals surface area contributed by atoms with Crippen LogP contribution >= 0.6 is 12.4 Å². The smallest absolute Gasteiger partial charge is 0.319 e. The fourth-order valence-corrected chi connectivity index (χ4v) is 4.10. The number of benzene rings is 3. The van der Waals surface area contributed by atoms with Crippen molar-refractivity contribution in [1.82, 2.24) is 14.8 Å². The van der Waals surface area contributed by atoms with Crippen molar-refractivity contribution in [2.24, 2.45) is 7.05 Å². The summed E-state index contributed by atoms with van der Waals surface area (Å²) in [5.41, 5.74) is 4.45. The van der Waals surface area contributed by atoms with E-state index in [9.17, 15) is 9.59 Å². The predicted molar refractivity (Wildman–Crippen MR) is 142 cm³/mol. The minimum Gasteiger partial charge on any atom is -0.332 e. The standard InChI is InChI=1S/C27H28N4O2.ClH/c1-30(2)18-19-10-9-13-21(16-19)29-27(33)28-17-24-25(20-11-5-4-6-12-20)22-14-7-8-15-23(22)26(32)31(24)3;/h4-16H,17-18H2,1-3H3,(H2,28,29,33);1H. The number of anilines is 1. The van der Waals surface area contributed by atoms with E-state index < -0.39 is 0 Å². The van der Waals surface area contributed by atoms with Crippen molar-refractivity contribution in [3.8, 4) is 11.1 Å². The van der Waals surface area contributed by atoms with Gasteiger partial charge in [0.2, 0.25) is 0 Å². The van der Waals surface area contributed by atoms with Crippen LogP contribution in [0.25, 0.3) is 21.9 Å². The zero-order chi connectivity index (χ0) is 23.4. The molecule has 7 heteroatoms. The average Bonchev–Trinajstić information content (AvgIpc) is 2.81. The normalized spacial score (nSPS) is 10.7. The zero-order valence-corrected chi connectivity index (χ0v) is 20.4. The van der Waals surface area contributed by atoms with Crippen molar-refractivity contribution in [3.05, 3.63) is 100 Å². The number of pyridine rings is 1. The third-order valence-electron chi connectivity index (χ3n) is 5.59. The molecule has 0 aliphatic rings. The van der Waals surface area contributed by atoms with E-state index in [2.05, 4.69) is 15.5 Å².